The van der Waals surface area contributed by atoms with Gasteiger partial charge in [-0.15, -0.1) is 0 Å². The van der Waals surface area contributed by atoms with Crippen molar-refractivity contribution in [2.24, 2.45) is 5.92 Å². The number of benzene rings is 1. The van der Waals surface area contributed by atoms with E-state index in [-0.39, 0.29) is 23.6 Å². The van der Waals surface area contributed by atoms with Crippen molar-refractivity contribution in [3.05, 3.63) is 39.2 Å². The standard InChI is InChI=1S/C22H29NO4/c1-13(2)12-23-20(24)7-6-16-14(3)17-10-15-8-9-22(4,5)27-18(15)11-19(17)26-21(16)25/h10-11,13H,6-9,12H2,1-5H3,(H,23,24). The maximum absolute atomic E-state index is 12.5. The number of rotatable bonds is 5. The van der Waals surface area contributed by atoms with Gasteiger partial charge in [-0.1, -0.05) is 13.8 Å². The third kappa shape index (κ3) is 4.34. The highest BCUT2D eigenvalue weighted by atomic mass is 16.5. The van der Waals surface area contributed by atoms with Crippen LogP contribution in [0.15, 0.2) is 21.3 Å². The van der Waals surface area contributed by atoms with Crippen LogP contribution in [0.5, 0.6) is 5.75 Å². The summed E-state index contributed by atoms with van der Waals surface area (Å²) >= 11 is 0. The average Bonchev–Trinajstić information content (AvgIpc) is 2.57. The fourth-order valence-electron chi connectivity index (χ4n) is 3.47. The van der Waals surface area contributed by atoms with Crippen molar-refractivity contribution in [1.82, 2.24) is 5.32 Å². The van der Waals surface area contributed by atoms with Gasteiger partial charge in [0.2, 0.25) is 5.91 Å². The molecular formula is C22H29NO4. The Kier molecular flexibility index (Phi) is 5.31. The Hall–Kier alpha value is -2.30. The molecule has 0 saturated heterocycles. The van der Waals surface area contributed by atoms with E-state index in [1.165, 1.54) is 0 Å². The largest absolute Gasteiger partial charge is 0.487 e. The maximum atomic E-state index is 12.5. The predicted molar refractivity (Wildman–Crippen MR) is 106 cm³/mol. The van der Waals surface area contributed by atoms with Gasteiger partial charge >= 0.3 is 5.63 Å². The number of hydrogen-bond donors (Lipinski definition) is 1. The van der Waals surface area contributed by atoms with Crippen LogP contribution in [0.25, 0.3) is 11.0 Å². The van der Waals surface area contributed by atoms with Crippen molar-refractivity contribution in [3.8, 4) is 5.75 Å². The topological polar surface area (TPSA) is 68.5 Å². The number of fused-ring (bicyclic) bond motifs is 2. The van der Waals surface area contributed by atoms with Gasteiger partial charge in [-0.3, -0.25) is 4.79 Å². The van der Waals surface area contributed by atoms with E-state index in [1.54, 1.807) is 0 Å². The molecule has 1 aromatic heterocycles. The van der Waals surface area contributed by atoms with Gasteiger partial charge < -0.3 is 14.5 Å². The van der Waals surface area contributed by atoms with E-state index < -0.39 is 0 Å². The van der Waals surface area contributed by atoms with Crippen LogP contribution in [-0.4, -0.2) is 18.1 Å². The molecule has 0 saturated carbocycles. The second-order valence-electron chi connectivity index (χ2n) is 8.51. The number of ether oxygens (including phenoxy) is 1. The Bertz CT molecular complexity index is 924. The number of hydrogen-bond acceptors (Lipinski definition) is 4. The number of aryl methyl sites for hydroxylation is 2. The number of carbonyl (C=O) groups excluding carboxylic acids is 1. The van der Waals surface area contributed by atoms with Crippen LogP contribution in [0.1, 0.15) is 57.2 Å². The van der Waals surface area contributed by atoms with Crippen LogP contribution in [0, 0.1) is 12.8 Å². The molecule has 5 heteroatoms. The summed E-state index contributed by atoms with van der Waals surface area (Å²) in [7, 11) is 0. The van der Waals surface area contributed by atoms with E-state index in [1.807, 2.05) is 26.8 Å². The van der Waals surface area contributed by atoms with Gasteiger partial charge in [0.1, 0.15) is 16.9 Å². The monoisotopic (exact) mass is 371 g/mol. The van der Waals surface area contributed by atoms with Crippen molar-refractivity contribution in [1.29, 1.82) is 0 Å². The summed E-state index contributed by atoms with van der Waals surface area (Å²) < 4.78 is 11.6. The quantitative estimate of drug-likeness (QED) is 0.809. The summed E-state index contributed by atoms with van der Waals surface area (Å²) in [6.07, 6.45) is 2.55. The molecule has 0 radical (unpaired) electrons. The van der Waals surface area contributed by atoms with E-state index in [0.29, 0.717) is 30.0 Å². The summed E-state index contributed by atoms with van der Waals surface area (Å²) in [5, 5.41) is 3.81. The zero-order valence-corrected chi connectivity index (χ0v) is 16.9. The third-order valence-electron chi connectivity index (χ3n) is 5.16. The molecule has 0 atom stereocenters. The highest BCUT2D eigenvalue weighted by Gasteiger charge is 2.27. The minimum atomic E-state index is -0.369. The number of carbonyl (C=O) groups is 1. The van der Waals surface area contributed by atoms with E-state index in [0.717, 1.165) is 35.1 Å². The maximum Gasteiger partial charge on any atom is 0.339 e. The normalized spacial score (nSPS) is 15.5. The summed E-state index contributed by atoms with van der Waals surface area (Å²) in [6, 6.07) is 3.90. The summed E-state index contributed by atoms with van der Waals surface area (Å²) in [5.74, 6) is 1.16. The van der Waals surface area contributed by atoms with Gasteiger partial charge in [0.25, 0.3) is 0 Å². The first-order valence-corrected chi connectivity index (χ1v) is 9.71. The van der Waals surface area contributed by atoms with Gasteiger partial charge in [0.15, 0.2) is 0 Å². The molecule has 0 aliphatic carbocycles. The Balaban J connectivity index is 1.88. The second kappa shape index (κ2) is 7.37. The Morgan fingerprint density at radius 3 is 2.74 bits per heavy atom. The summed E-state index contributed by atoms with van der Waals surface area (Å²) in [4.78, 5) is 24.5. The van der Waals surface area contributed by atoms with Gasteiger partial charge in [-0.2, -0.15) is 0 Å². The fraction of sp³-hybridized carbons (Fsp3) is 0.545. The number of nitrogens with one attached hydrogen (secondary N) is 1. The average molecular weight is 371 g/mol. The lowest BCUT2D eigenvalue weighted by Gasteiger charge is -2.32. The molecule has 5 nitrogen and oxygen atoms in total. The molecule has 2 aromatic rings. The molecule has 0 fully saturated rings. The first-order chi connectivity index (χ1) is 12.7. The second-order valence-corrected chi connectivity index (χ2v) is 8.51. The lowest BCUT2D eigenvalue weighted by atomic mass is 9.92. The van der Waals surface area contributed by atoms with E-state index in [2.05, 4.69) is 25.2 Å². The van der Waals surface area contributed by atoms with Crippen LogP contribution in [-0.2, 0) is 17.6 Å². The van der Waals surface area contributed by atoms with Crippen molar-refractivity contribution in [2.45, 2.75) is 65.9 Å². The van der Waals surface area contributed by atoms with Crippen LogP contribution in [0.2, 0.25) is 0 Å². The minimum absolute atomic E-state index is 0.0383. The van der Waals surface area contributed by atoms with E-state index >= 15 is 0 Å². The van der Waals surface area contributed by atoms with Gasteiger partial charge in [-0.25, -0.2) is 4.79 Å². The molecule has 1 aliphatic rings. The molecule has 0 spiro atoms. The molecule has 27 heavy (non-hydrogen) atoms. The fourth-order valence-corrected chi connectivity index (χ4v) is 3.47. The lowest BCUT2D eigenvalue weighted by Crippen LogP contribution is -2.32. The van der Waals surface area contributed by atoms with Crippen LogP contribution >= 0.6 is 0 Å². The molecule has 3 rings (SSSR count). The van der Waals surface area contributed by atoms with Crippen LogP contribution < -0.4 is 15.7 Å². The molecule has 0 bridgehead atoms. The zero-order chi connectivity index (χ0) is 19.8. The molecule has 2 heterocycles. The highest BCUT2D eigenvalue weighted by Crippen LogP contribution is 2.36. The molecular weight excluding hydrogens is 342 g/mol. The van der Waals surface area contributed by atoms with Gasteiger partial charge in [0, 0.05) is 30.0 Å². The first kappa shape index (κ1) is 19.5. The van der Waals surface area contributed by atoms with Crippen molar-refractivity contribution >= 4 is 16.9 Å². The Morgan fingerprint density at radius 1 is 1.30 bits per heavy atom. The summed E-state index contributed by atoms with van der Waals surface area (Å²) in [5.41, 5.74) is 2.58. The van der Waals surface area contributed by atoms with Crippen molar-refractivity contribution < 1.29 is 13.9 Å². The van der Waals surface area contributed by atoms with Gasteiger partial charge in [-0.05, 0) is 63.1 Å². The van der Waals surface area contributed by atoms with Crippen LogP contribution in [0.3, 0.4) is 0 Å². The minimum Gasteiger partial charge on any atom is -0.487 e. The van der Waals surface area contributed by atoms with Crippen molar-refractivity contribution in [3.63, 3.8) is 0 Å². The number of amides is 1. The summed E-state index contributed by atoms with van der Waals surface area (Å²) in [6.45, 7) is 10.8. The highest BCUT2D eigenvalue weighted by molar-refractivity contribution is 5.84. The van der Waals surface area contributed by atoms with Crippen molar-refractivity contribution in [2.75, 3.05) is 6.54 Å². The molecule has 146 valence electrons. The molecule has 1 amide bonds. The van der Waals surface area contributed by atoms with E-state index in [9.17, 15) is 9.59 Å². The Morgan fingerprint density at radius 2 is 2.04 bits per heavy atom. The van der Waals surface area contributed by atoms with Crippen LogP contribution in [0.4, 0.5) is 0 Å². The molecule has 1 N–H and O–H groups in total. The lowest BCUT2D eigenvalue weighted by molar-refractivity contribution is -0.121. The molecule has 0 unspecified atom stereocenters. The predicted octanol–water partition coefficient (Wildman–Crippen LogP) is 3.91. The molecule has 1 aliphatic heterocycles. The SMILES string of the molecule is Cc1c(CCC(=O)NCC(C)C)c(=O)oc2cc3c(cc12)CCC(C)(C)O3. The van der Waals surface area contributed by atoms with Gasteiger partial charge in [0.05, 0.1) is 0 Å². The first-order valence-electron chi connectivity index (χ1n) is 9.71. The third-order valence-corrected chi connectivity index (χ3v) is 5.16. The smallest absolute Gasteiger partial charge is 0.339 e. The zero-order valence-electron chi connectivity index (χ0n) is 16.9. The van der Waals surface area contributed by atoms with E-state index in [4.69, 9.17) is 9.15 Å². The Labute approximate surface area is 160 Å². The molecule has 1 aromatic carbocycles.